The third kappa shape index (κ3) is 7.70. The van der Waals surface area contributed by atoms with E-state index in [1.807, 2.05) is 52.1 Å². The van der Waals surface area contributed by atoms with E-state index in [4.69, 9.17) is 21.7 Å². The van der Waals surface area contributed by atoms with Crippen molar-refractivity contribution in [2.75, 3.05) is 57.2 Å². The molecule has 0 bridgehead atoms. The molecule has 2 rings (SSSR count). The number of hydrogen-bond donors (Lipinski definition) is 0. The second-order valence-electron chi connectivity index (χ2n) is 8.40. The van der Waals surface area contributed by atoms with Crippen molar-refractivity contribution in [3.05, 3.63) is 41.1 Å². The monoisotopic (exact) mass is 463 g/mol. The zero-order chi connectivity index (χ0) is 23.0. The van der Waals surface area contributed by atoms with Crippen LogP contribution in [0.4, 0.5) is 11.4 Å². The van der Waals surface area contributed by atoms with E-state index in [0.29, 0.717) is 24.9 Å². The quantitative estimate of drug-likeness (QED) is 0.510. The van der Waals surface area contributed by atoms with Crippen molar-refractivity contribution in [2.24, 2.45) is 5.41 Å². The fourth-order valence-corrected chi connectivity index (χ4v) is 3.72. The molecule has 6 nitrogen and oxygen atoms in total. The summed E-state index contributed by atoms with van der Waals surface area (Å²) in [6, 6.07) is 9.85. The largest absolute Gasteiger partial charge is 0.492 e. The normalized spacial score (nSPS) is 11.0. The second-order valence-corrected chi connectivity index (χ2v) is 9.53. The average molecular weight is 464 g/mol. The molecule has 1 aromatic heterocycles. The highest BCUT2D eigenvalue weighted by atomic mass is 32.1. The Morgan fingerprint density at radius 1 is 1.06 bits per heavy atom. The molecule has 0 fully saturated rings. The first-order chi connectivity index (χ1) is 14.6. The Morgan fingerprint density at radius 2 is 1.81 bits per heavy atom. The van der Waals surface area contributed by atoms with Crippen molar-refractivity contribution in [1.82, 2.24) is 4.90 Å². The first-order valence-electron chi connectivity index (χ1n) is 10.2. The molecule has 0 N–H and O–H groups in total. The van der Waals surface area contributed by atoms with Crippen LogP contribution in [0.3, 0.4) is 0 Å². The molecule has 0 saturated carbocycles. The lowest BCUT2D eigenvalue weighted by atomic mass is 9.95. The Kier molecular flexibility index (Phi) is 9.13. The van der Waals surface area contributed by atoms with Crippen molar-refractivity contribution < 1.29 is 14.3 Å². The predicted octanol–water partition coefficient (Wildman–Crippen LogP) is 4.51. The number of amides is 1. The molecule has 31 heavy (non-hydrogen) atoms. The molecule has 1 aromatic carbocycles. The molecule has 0 saturated heterocycles. The number of rotatable bonds is 9. The standard InChI is InChI=1S/C23H33N3O3S2/c1-23(2,3)21(27)25(5)12-14-29-22(30)26(6)18-8-7-9-20(16-18)28-13-11-24(4)19-10-15-31-17-19/h7-10,15-17H,11-14H2,1-6H3. The number of benzene rings is 1. The van der Waals surface area contributed by atoms with Gasteiger partial charge in [0.25, 0.3) is 5.17 Å². The van der Waals surface area contributed by atoms with E-state index >= 15 is 0 Å². The molecule has 1 heterocycles. The zero-order valence-electron chi connectivity index (χ0n) is 19.3. The first-order valence-corrected chi connectivity index (χ1v) is 11.6. The lowest BCUT2D eigenvalue weighted by Crippen LogP contribution is -2.39. The molecule has 0 aliphatic carbocycles. The van der Waals surface area contributed by atoms with Gasteiger partial charge in [0.05, 0.1) is 13.1 Å². The molecule has 2 aromatic rings. The Morgan fingerprint density at radius 3 is 2.45 bits per heavy atom. The fraction of sp³-hybridized carbons (Fsp3) is 0.478. The van der Waals surface area contributed by atoms with Crippen molar-refractivity contribution in [2.45, 2.75) is 20.8 Å². The van der Waals surface area contributed by atoms with Gasteiger partial charge in [0.1, 0.15) is 19.0 Å². The van der Waals surface area contributed by atoms with E-state index in [1.54, 1.807) is 28.2 Å². The number of ether oxygens (including phenoxy) is 2. The van der Waals surface area contributed by atoms with Gasteiger partial charge in [-0.15, -0.1) is 0 Å². The van der Waals surface area contributed by atoms with E-state index in [1.165, 1.54) is 5.69 Å². The van der Waals surface area contributed by atoms with Crippen LogP contribution in [0.1, 0.15) is 20.8 Å². The van der Waals surface area contributed by atoms with Crippen molar-refractivity contribution in [3.63, 3.8) is 0 Å². The number of thiocarbonyl (C=S) groups is 1. The van der Waals surface area contributed by atoms with Crippen LogP contribution in [0, 0.1) is 5.41 Å². The van der Waals surface area contributed by atoms with E-state index in [0.717, 1.165) is 18.0 Å². The van der Waals surface area contributed by atoms with Gasteiger partial charge in [-0.1, -0.05) is 26.8 Å². The average Bonchev–Trinajstić information content (AvgIpc) is 3.27. The van der Waals surface area contributed by atoms with Gasteiger partial charge in [0.2, 0.25) is 5.91 Å². The number of hydrogen-bond acceptors (Lipinski definition) is 6. The van der Waals surface area contributed by atoms with E-state index < -0.39 is 5.41 Å². The maximum absolute atomic E-state index is 12.2. The predicted molar refractivity (Wildman–Crippen MR) is 134 cm³/mol. The minimum Gasteiger partial charge on any atom is -0.492 e. The van der Waals surface area contributed by atoms with Crippen LogP contribution in [-0.4, -0.2) is 63.4 Å². The summed E-state index contributed by atoms with van der Waals surface area (Å²) in [7, 11) is 5.69. The van der Waals surface area contributed by atoms with Gasteiger partial charge in [-0.05, 0) is 35.8 Å². The Balaban J connectivity index is 1.81. The van der Waals surface area contributed by atoms with Gasteiger partial charge in [0.15, 0.2) is 0 Å². The lowest BCUT2D eigenvalue weighted by molar-refractivity contribution is -0.138. The van der Waals surface area contributed by atoms with Crippen LogP contribution in [0.2, 0.25) is 0 Å². The summed E-state index contributed by atoms with van der Waals surface area (Å²) in [4.78, 5) is 17.9. The van der Waals surface area contributed by atoms with E-state index in [2.05, 4.69) is 28.8 Å². The number of thiophene rings is 1. The molecule has 0 aliphatic heterocycles. The van der Waals surface area contributed by atoms with Crippen LogP contribution in [0.5, 0.6) is 5.75 Å². The molecule has 0 atom stereocenters. The summed E-state index contributed by atoms with van der Waals surface area (Å²) in [6.45, 7) is 7.90. The highest BCUT2D eigenvalue weighted by molar-refractivity contribution is 7.80. The third-order valence-electron chi connectivity index (χ3n) is 4.76. The van der Waals surface area contributed by atoms with Gasteiger partial charge in [-0.3, -0.25) is 4.79 Å². The molecular formula is C23H33N3O3S2. The van der Waals surface area contributed by atoms with Crippen LogP contribution >= 0.6 is 23.6 Å². The molecule has 0 radical (unpaired) electrons. The summed E-state index contributed by atoms with van der Waals surface area (Å²) in [5.74, 6) is 0.853. The molecule has 1 amide bonds. The summed E-state index contributed by atoms with van der Waals surface area (Å²) < 4.78 is 11.6. The minimum absolute atomic E-state index is 0.0740. The van der Waals surface area contributed by atoms with Crippen molar-refractivity contribution in [1.29, 1.82) is 0 Å². The van der Waals surface area contributed by atoms with Crippen LogP contribution in [-0.2, 0) is 9.53 Å². The van der Waals surface area contributed by atoms with Crippen molar-refractivity contribution >= 4 is 46.0 Å². The van der Waals surface area contributed by atoms with Crippen LogP contribution < -0.4 is 14.5 Å². The van der Waals surface area contributed by atoms with E-state index in [9.17, 15) is 4.79 Å². The second kappa shape index (κ2) is 11.3. The number of carbonyl (C=O) groups excluding carboxylic acids is 1. The summed E-state index contributed by atoms with van der Waals surface area (Å²) >= 11 is 7.10. The van der Waals surface area contributed by atoms with Crippen LogP contribution in [0.15, 0.2) is 41.1 Å². The molecule has 8 heteroatoms. The van der Waals surface area contributed by atoms with Crippen molar-refractivity contribution in [3.8, 4) is 5.75 Å². The summed E-state index contributed by atoms with van der Waals surface area (Å²) in [5, 5.41) is 4.54. The van der Waals surface area contributed by atoms with Gasteiger partial charge >= 0.3 is 0 Å². The van der Waals surface area contributed by atoms with Gasteiger partial charge < -0.3 is 24.2 Å². The summed E-state index contributed by atoms with van der Waals surface area (Å²) in [6.07, 6.45) is 0. The lowest BCUT2D eigenvalue weighted by Gasteiger charge is -2.26. The number of carbonyl (C=O) groups is 1. The highest BCUT2D eigenvalue weighted by Crippen LogP contribution is 2.22. The van der Waals surface area contributed by atoms with Gasteiger partial charge in [0, 0.05) is 49.4 Å². The Labute approximate surface area is 195 Å². The molecule has 170 valence electrons. The molecule has 0 aliphatic rings. The Bertz CT molecular complexity index is 850. The number of nitrogens with zero attached hydrogens (tertiary/aromatic N) is 3. The SMILES string of the molecule is CN(CCOC(=S)N(C)c1cccc(OCCN(C)c2ccsc2)c1)C(=O)C(C)(C)C. The maximum atomic E-state index is 12.2. The fourth-order valence-electron chi connectivity index (χ4n) is 2.83. The Hall–Kier alpha value is -2.32. The smallest absolute Gasteiger partial charge is 0.263 e. The molecule has 0 spiro atoms. The molecule has 0 unspecified atom stereocenters. The highest BCUT2D eigenvalue weighted by Gasteiger charge is 2.24. The van der Waals surface area contributed by atoms with Gasteiger partial charge in [-0.2, -0.15) is 11.3 Å². The topological polar surface area (TPSA) is 45.2 Å². The van der Waals surface area contributed by atoms with Crippen LogP contribution in [0.25, 0.3) is 0 Å². The van der Waals surface area contributed by atoms with Gasteiger partial charge in [-0.25, -0.2) is 0 Å². The number of anilines is 2. The first kappa shape index (κ1) is 24.9. The zero-order valence-corrected chi connectivity index (χ0v) is 20.9. The minimum atomic E-state index is -0.412. The third-order valence-corrected chi connectivity index (χ3v) is 5.82. The van der Waals surface area contributed by atoms with E-state index in [-0.39, 0.29) is 5.91 Å². The summed E-state index contributed by atoms with van der Waals surface area (Å²) in [5.41, 5.74) is 1.66. The maximum Gasteiger partial charge on any atom is 0.263 e. The number of likely N-dealkylation sites (N-methyl/N-ethyl adjacent to an activating group) is 2. The molecular weight excluding hydrogens is 430 g/mol.